The average molecular weight is 1320 g/mol. The molecule has 96 heavy (non-hydrogen) atoms. The van der Waals surface area contributed by atoms with E-state index in [-0.39, 0.29) is 51.3 Å². The Hall–Kier alpha value is -10.3. The van der Waals surface area contributed by atoms with E-state index < -0.39 is 29.9 Å². The minimum absolute atomic E-state index is 0. The van der Waals surface area contributed by atoms with Gasteiger partial charge in [0, 0.05) is 123 Å². The second kappa shape index (κ2) is 34.7. The molecule has 4 aliphatic rings. The molecule has 23 heteroatoms. The number of rotatable bonds is 14. The summed E-state index contributed by atoms with van der Waals surface area (Å²) < 4.78 is 16.3. The van der Waals surface area contributed by atoms with Gasteiger partial charge >= 0.3 is 18.3 Å². The van der Waals surface area contributed by atoms with Crippen LogP contribution in [0, 0.1) is 0 Å². The van der Waals surface area contributed by atoms with E-state index in [1.165, 1.54) is 15.5 Å². The third-order valence-corrected chi connectivity index (χ3v) is 16.1. The maximum absolute atomic E-state index is 13.1. The van der Waals surface area contributed by atoms with Gasteiger partial charge in [0.05, 0.1) is 11.4 Å². The van der Waals surface area contributed by atoms with Gasteiger partial charge in [0.25, 0.3) is 0 Å². The molecule has 0 aliphatic carbocycles. The summed E-state index contributed by atoms with van der Waals surface area (Å²) >= 11 is 5.84. The zero-order valence-corrected chi connectivity index (χ0v) is 53.8. The van der Waals surface area contributed by atoms with Crippen molar-refractivity contribution in [3.63, 3.8) is 0 Å². The monoisotopic (exact) mass is 1320 g/mol. The van der Waals surface area contributed by atoms with E-state index in [1.807, 2.05) is 160 Å². The topological polar surface area (TPSA) is 255 Å². The summed E-state index contributed by atoms with van der Waals surface area (Å²) in [5, 5.41) is 12.7. The number of nitrogen functional groups attached to an aromatic ring is 1. The summed E-state index contributed by atoms with van der Waals surface area (Å²) in [5.74, 6) is 0.0516. The van der Waals surface area contributed by atoms with Crippen molar-refractivity contribution in [1.29, 1.82) is 0 Å². The van der Waals surface area contributed by atoms with Crippen LogP contribution in [0.2, 0.25) is 5.28 Å². The maximum Gasteiger partial charge on any atom is 0.410 e. The molecular formula is C73H87ClN14O8. The molecule has 6 heterocycles. The Labute approximate surface area is 567 Å². The van der Waals surface area contributed by atoms with Crippen molar-refractivity contribution in [2.75, 3.05) is 96.9 Å². The van der Waals surface area contributed by atoms with Gasteiger partial charge in [-0.25, -0.2) is 34.3 Å². The van der Waals surface area contributed by atoms with E-state index in [9.17, 15) is 24.0 Å². The van der Waals surface area contributed by atoms with Gasteiger partial charge in [0.15, 0.2) is 0 Å². The predicted molar refractivity (Wildman–Crippen MR) is 379 cm³/mol. The van der Waals surface area contributed by atoms with Crippen molar-refractivity contribution in [3.05, 3.63) is 199 Å². The zero-order valence-electron chi connectivity index (χ0n) is 53.0. The summed E-state index contributed by atoms with van der Waals surface area (Å²) in [5.41, 5.74) is 15.6. The normalized spacial score (nSPS) is 15.8. The number of piperazine rings is 2. The number of likely N-dealkylation sites (tertiary alicyclic amines) is 2. The number of carbonyl (C=O) groups excluding carboxylic acids is 5. The summed E-state index contributed by atoms with van der Waals surface area (Å²) in [6, 6.07) is 52.3. The lowest BCUT2D eigenvalue weighted by molar-refractivity contribution is -0.120. The fraction of sp³-hybridized carbons (Fsp3) is 0.329. The lowest BCUT2D eigenvalue weighted by Crippen LogP contribution is -2.50. The minimum atomic E-state index is -0.565. The van der Waals surface area contributed by atoms with Crippen LogP contribution < -0.4 is 36.8 Å². The first-order chi connectivity index (χ1) is 45.6. The van der Waals surface area contributed by atoms with Crippen molar-refractivity contribution in [3.8, 4) is 22.5 Å². The first-order valence-electron chi connectivity index (χ1n) is 31.6. The molecule has 504 valence electrons. The largest absolute Gasteiger partial charge is 0.445 e. The molecule has 0 bridgehead atoms. The van der Waals surface area contributed by atoms with E-state index in [2.05, 4.69) is 63.1 Å². The van der Waals surface area contributed by atoms with Crippen LogP contribution in [0.1, 0.15) is 72.4 Å². The van der Waals surface area contributed by atoms with Crippen molar-refractivity contribution in [1.82, 2.24) is 40.0 Å². The number of amides is 5. The number of anilines is 7. The molecule has 5 amide bonds. The van der Waals surface area contributed by atoms with Crippen LogP contribution in [0.25, 0.3) is 22.5 Å². The van der Waals surface area contributed by atoms with Crippen LogP contribution in [0.15, 0.2) is 182 Å². The highest BCUT2D eigenvalue weighted by molar-refractivity contribution is 6.28. The zero-order chi connectivity index (χ0) is 65.8. The Morgan fingerprint density at radius 2 is 0.979 bits per heavy atom. The van der Waals surface area contributed by atoms with Gasteiger partial charge in [0.1, 0.15) is 30.9 Å². The standard InChI is InChI=1S/C33H35N7O3.C23H21ClN4O3.C15H23N3O2.2CH4/c41-31(30-7-4-20-40(30)33(42)43-23-24-5-2-1-3-6-24)36-26-10-8-25(9-11-26)29-16-17-35-32(38-29)37-27-12-14-28(15-13-27)39-21-18-34-19-22-39;24-22-25-13-12-19(27-22)17-8-10-18(11-9-17)26-21(29)20-7-4-14-28(20)23(30)31-15-16-5-2-1-3-6-16;1-15(2,3)20-14(19)18-10-8-17(9-11-18)13-6-4-12(16)5-7-13;;/h1-3,5-6,8-17,30,34H,4,7,18-23H2,(H,36,41)(H,35,37,38);1-3,5-6,8-13,20H,4,7,14-15H2,(H,26,29);4-7H,8-11,16H2,1-3H3;2*1H4/t30-;20-;;;/m11.../s1. The van der Waals surface area contributed by atoms with Gasteiger partial charge in [-0.05, 0) is 154 Å². The van der Waals surface area contributed by atoms with Gasteiger partial charge in [-0.2, -0.15) is 0 Å². The smallest absolute Gasteiger partial charge is 0.410 e. The molecule has 6 N–H and O–H groups in total. The molecule has 0 unspecified atom stereocenters. The lowest BCUT2D eigenvalue weighted by Gasteiger charge is -2.36. The number of nitrogens with zero attached hydrogens (tertiary/aromatic N) is 9. The molecule has 0 saturated carbocycles. The molecule has 22 nitrogen and oxygen atoms in total. The molecule has 8 aromatic rings. The molecule has 0 radical (unpaired) electrons. The Morgan fingerprint density at radius 1 is 0.531 bits per heavy atom. The van der Waals surface area contributed by atoms with Crippen molar-refractivity contribution in [2.24, 2.45) is 0 Å². The number of nitrogens with one attached hydrogen (secondary N) is 4. The van der Waals surface area contributed by atoms with Crippen molar-refractivity contribution in [2.45, 2.75) is 92.2 Å². The first-order valence-corrected chi connectivity index (χ1v) is 32.0. The van der Waals surface area contributed by atoms with Gasteiger partial charge < -0.3 is 55.9 Å². The maximum atomic E-state index is 13.1. The van der Waals surface area contributed by atoms with Crippen LogP contribution in [0.4, 0.5) is 54.5 Å². The van der Waals surface area contributed by atoms with Crippen molar-refractivity contribution < 1.29 is 38.2 Å². The molecule has 2 aromatic heterocycles. The average Bonchev–Trinajstić information content (AvgIpc) is 1.49. The highest BCUT2D eigenvalue weighted by atomic mass is 35.5. The second-order valence-corrected chi connectivity index (χ2v) is 24.2. The number of hydrogen-bond acceptors (Lipinski definition) is 17. The number of hydrogen-bond donors (Lipinski definition) is 5. The number of aromatic nitrogens is 4. The molecule has 4 fully saturated rings. The number of ether oxygens (including phenoxy) is 3. The Morgan fingerprint density at radius 3 is 1.46 bits per heavy atom. The number of nitrogens with two attached hydrogens (primary N) is 1. The molecule has 2 atom stereocenters. The van der Waals surface area contributed by atoms with E-state index in [1.54, 1.807) is 35.5 Å². The van der Waals surface area contributed by atoms with Gasteiger partial charge in [0.2, 0.25) is 23.0 Å². The summed E-state index contributed by atoms with van der Waals surface area (Å²) in [4.78, 5) is 89.6. The Bertz CT molecular complexity index is 3780. The number of halogens is 1. The number of benzene rings is 6. The van der Waals surface area contributed by atoms with E-state index in [0.717, 1.165) is 97.1 Å². The minimum Gasteiger partial charge on any atom is -0.445 e. The van der Waals surface area contributed by atoms with Crippen LogP contribution >= 0.6 is 11.6 Å². The van der Waals surface area contributed by atoms with E-state index >= 15 is 0 Å². The van der Waals surface area contributed by atoms with Crippen LogP contribution in [0.3, 0.4) is 0 Å². The summed E-state index contributed by atoms with van der Waals surface area (Å²) in [7, 11) is 0. The Kier molecular flexibility index (Phi) is 25.9. The molecule has 4 saturated heterocycles. The van der Waals surface area contributed by atoms with Crippen LogP contribution in [0.5, 0.6) is 0 Å². The molecule has 6 aromatic carbocycles. The fourth-order valence-corrected chi connectivity index (χ4v) is 11.2. The van der Waals surface area contributed by atoms with Gasteiger partial charge in [-0.1, -0.05) is 99.8 Å². The molecule has 4 aliphatic heterocycles. The van der Waals surface area contributed by atoms with Gasteiger partial charge in [-0.15, -0.1) is 0 Å². The van der Waals surface area contributed by atoms with Gasteiger partial charge in [-0.3, -0.25) is 19.4 Å². The summed E-state index contributed by atoms with van der Waals surface area (Å²) in [6.07, 6.45) is 4.84. The SMILES string of the molecule is C.C.CC(C)(C)OC(=O)N1CCN(c2ccc(N)cc2)CC1.O=C(Nc1ccc(-c2ccnc(Cl)n2)cc1)[C@H]1CCCN1C(=O)OCc1ccccc1.O=C(Nc1ccc(-c2ccnc(Nc3ccc(N4CCNCC4)cc3)n2)cc1)[C@H]1CCCN1C(=O)OCc1ccccc1. The van der Waals surface area contributed by atoms with Crippen molar-refractivity contribution >= 4 is 81.8 Å². The quantitative estimate of drug-likeness (QED) is 0.0385. The highest BCUT2D eigenvalue weighted by Crippen LogP contribution is 2.28. The number of carbonyl (C=O) groups is 5. The highest BCUT2D eigenvalue weighted by Gasteiger charge is 2.37. The van der Waals surface area contributed by atoms with E-state index in [4.69, 9.17) is 31.5 Å². The fourth-order valence-electron chi connectivity index (χ4n) is 11.1. The van der Waals surface area contributed by atoms with E-state index in [0.29, 0.717) is 62.0 Å². The molecular weight excluding hydrogens is 1240 g/mol. The van der Waals surface area contributed by atoms with Crippen LogP contribution in [-0.4, -0.2) is 148 Å². The first kappa shape index (κ1) is 71.5. The Balaban J connectivity index is 0.000000195. The third kappa shape index (κ3) is 20.6. The second-order valence-electron chi connectivity index (χ2n) is 23.8. The third-order valence-electron chi connectivity index (χ3n) is 16.0. The molecule has 12 rings (SSSR count). The van der Waals surface area contributed by atoms with Crippen LogP contribution in [-0.2, 0) is 37.0 Å². The molecule has 0 spiro atoms. The lowest BCUT2D eigenvalue weighted by atomic mass is 10.1. The summed E-state index contributed by atoms with van der Waals surface area (Å²) in [6.45, 7) is 14.0. The predicted octanol–water partition coefficient (Wildman–Crippen LogP) is 13.2.